The summed E-state index contributed by atoms with van der Waals surface area (Å²) in [5.74, 6) is -0.503. The molecule has 2 rings (SSSR count). The first-order valence-electron chi connectivity index (χ1n) is 4.90. The molecule has 0 bridgehead atoms. The zero-order chi connectivity index (χ0) is 11.5. The lowest BCUT2D eigenvalue weighted by atomic mass is 10.2. The van der Waals surface area contributed by atoms with Crippen LogP contribution in [0.15, 0.2) is 35.4 Å². The molecule has 0 aromatic heterocycles. The summed E-state index contributed by atoms with van der Waals surface area (Å²) in [5, 5.41) is 7.70. The Bertz CT molecular complexity index is 454. The largest absolute Gasteiger partial charge is 0.354 e. The lowest BCUT2D eigenvalue weighted by Crippen LogP contribution is -2.26. The molecule has 1 aromatic rings. The Balaban J connectivity index is 2.27. The first-order chi connectivity index (χ1) is 7.72. The Hall–Kier alpha value is -2.17. The summed E-state index contributed by atoms with van der Waals surface area (Å²) >= 11 is 0. The summed E-state index contributed by atoms with van der Waals surface area (Å²) < 4.78 is 0. The van der Waals surface area contributed by atoms with E-state index < -0.39 is 0 Å². The highest BCUT2D eigenvalue weighted by Crippen LogP contribution is 2.19. The number of para-hydroxylation sites is 1. The predicted octanol–water partition coefficient (Wildman–Crippen LogP) is 0.525. The van der Waals surface area contributed by atoms with Gasteiger partial charge in [-0.2, -0.15) is 10.1 Å². The molecule has 1 heterocycles. The Morgan fingerprint density at radius 3 is 2.69 bits per heavy atom. The molecule has 1 N–H and O–H groups in total. The van der Waals surface area contributed by atoms with Crippen LogP contribution in [0, 0.1) is 0 Å². The first kappa shape index (κ1) is 10.4. The number of nitrogens with one attached hydrogen (secondary N) is 1. The molecule has 1 aromatic carbocycles. The van der Waals surface area contributed by atoms with Crippen molar-refractivity contribution < 1.29 is 9.59 Å². The van der Waals surface area contributed by atoms with E-state index in [1.165, 1.54) is 12.1 Å². The minimum Gasteiger partial charge on any atom is -0.354 e. The second kappa shape index (κ2) is 4.14. The minimum absolute atomic E-state index is 0.0502. The van der Waals surface area contributed by atoms with E-state index in [1.807, 2.05) is 18.2 Å². The van der Waals surface area contributed by atoms with Gasteiger partial charge in [0.25, 0.3) is 11.8 Å². The van der Waals surface area contributed by atoms with E-state index in [1.54, 1.807) is 12.1 Å². The van der Waals surface area contributed by atoms with Crippen LogP contribution in [0.4, 0.5) is 5.69 Å². The van der Waals surface area contributed by atoms with Gasteiger partial charge in [0.05, 0.1) is 12.1 Å². The summed E-state index contributed by atoms with van der Waals surface area (Å²) in [7, 11) is 1.51. The van der Waals surface area contributed by atoms with E-state index in [-0.39, 0.29) is 23.9 Å². The number of anilines is 1. The van der Waals surface area contributed by atoms with Crippen LogP contribution in [0.2, 0.25) is 0 Å². The third kappa shape index (κ3) is 1.79. The SMILES string of the molecule is CNC(=O)C1=NN(c2ccccc2)C(=O)C1. The van der Waals surface area contributed by atoms with Gasteiger partial charge < -0.3 is 5.32 Å². The van der Waals surface area contributed by atoms with Crippen LogP contribution in [0.3, 0.4) is 0 Å². The Morgan fingerprint density at radius 2 is 2.06 bits per heavy atom. The van der Waals surface area contributed by atoms with Crippen LogP contribution in [0.25, 0.3) is 0 Å². The van der Waals surface area contributed by atoms with Gasteiger partial charge in [0.2, 0.25) is 0 Å². The van der Waals surface area contributed by atoms with Crippen LogP contribution in [-0.4, -0.2) is 24.6 Å². The summed E-state index contributed by atoms with van der Waals surface area (Å²) in [6.07, 6.45) is 0.0502. The average molecular weight is 217 g/mol. The van der Waals surface area contributed by atoms with Crippen LogP contribution < -0.4 is 10.3 Å². The van der Waals surface area contributed by atoms with E-state index in [9.17, 15) is 9.59 Å². The van der Waals surface area contributed by atoms with Crippen LogP contribution in [0.1, 0.15) is 6.42 Å². The molecule has 0 spiro atoms. The van der Waals surface area contributed by atoms with Crippen LogP contribution in [0.5, 0.6) is 0 Å². The molecule has 0 fully saturated rings. The van der Waals surface area contributed by atoms with Gasteiger partial charge in [-0.05, 0) is 12.1 Å². The maximum absolute atomic E-state index is 11.6. The standard InChI is InChI=1S/C11H11N3O2/c1-12-11(16)9-7-10(15)14(13-9)8-5-3-2-4-6-8/h2-6H,7H2,1H3,(H,12,16). The van der Waals surface area contributed by atoms with Gasteiger partial charge in [-0.15, -0.1) is 0 Å². The molecule has 0 saturated carbocycles. The molecule has 1 aliphatic rings. The lowest BCUT2D eigenvalue weighted by Gasteiger charge is -2.10. The van der Waals surface area contributed by atoms with Crippen molar-refractivity contribution in [3.63, 3.8) is 0 Å². The van der Waals surface area contributed by atoms with E-state index in [2.05, 4.69) is 10.4 Å². The molecule has 5 heteroatoms. The molecular weight excluding hydrogens is 206 g/mol. The molecule has 16 heavy (non-hydrogen) atoms. The van der Waals surface area contributed by atoms with E-state index in [4.69, 9.17) is 0 Å². The average Bonchev–Trinajstić information content (AvgIpc) is 2.71. The number of amides is 2. The Kier molecular flexibility index (Phi) is 2.68. The van der Waals surface area contributed by atoms with E-state index >= 15 is 0 Å². The first-order valence-corrected chi connectivity index (χ1v) is 4.90. The van der Waals surface area contributed by atoms with Crippen molar-refractivity contribution in [2.24, 2.45) is 5.10 Å². The quantitative estimate of drug-likeness (QED) is 0.785. The van der Waals surface area contributed by atoms with Crippen molar-refractivity contribution in [3.8, 4) is 0 Å². The molecule has 82 valence electrons. The second-order valence-corrected chi connectivity index (χ2v) is 3.34. The molecule has 5 nitrogen and oxygen atoms in total. The van der Waals surface area contributed by atoms with E-state index in [0.717, 1.165) is 0 Å². The Morgan fingerprint density at radius 1 is 1.38 bits per heavy atom. The fraction of sp³-hybridized carbons (Fsp3) is 0.182. The second-order valence-electron chi connectivity index (χ2n) is 3.34. The fourth-order valence-corrected chi connectivity index (χ4v) is 1.47. The number of hydrogen-bond donors (Lipinski definition) is 1. The number of hydrazone groups is 1. The third-order valence-electron chi connectivity index (χ3n) is 2.27. The number of carbonyl (C=O) groups excluding carboxylic acids is 2. The lowest BCUT2D eigenvalue weighted by molar-refractivity contribution is -0.118. The summed E-state index contributed by atoms with van der Waals surface area (Å²) in [6.45, 7) is 0. The maximum atomic E-state index is 11.6. The summed E-state index contributed by atoms with van der Waals surface area (Å²) in [6, 6.07) is 9.03. The van der Waals surface area contributed by atoms with Crippen molar-refractivity contribution in [1.29, 1.82) is 0 Å². The minimum atomic E-state index is -0.313. The normalized spacial score (nSPS) is 14.9. The van der Waals surface area contributed by atoms with Gasteiger partial charge in [0.15, 0.2) is 0 Å². The smallest absolute Gasteiger partial charge is 0.267 e. The number of nitrogens with zero attached hydrogens (tertiary/aromatic N) is 2. The number of rotatable bonds is 2. The van der Waals surface area contributed by atoms with Crippen molar-refractivity contribution in [1.82, 2.24) is 5.32 Å². The third-order valence-corrected chi connectivity index (χ3v) is 2.27. The van der Waals surface area contributed by atoms with Crippen LogP contribution in [-0.2, 0) is 9.59 Å². The van der Waals surface area contributed by atoms with Gasteiger partial charge in [0.1, 0.15) is 5.71 Å². The topological polar surface area (TPSA) is 61.8 Å². The summed E-state index contributed by atoms with van der Waals surface area (Å²) in [5.41, 5.74) is 0.919. The van der Waals surface area contributed by atoms with Crippen molar-refractivity contribution >= 4 is 23.2 Å². The highest BCUT2D eigenvalue weighted by Gasteiger charge is 2.28. The van der Waals surface area contributed by atoms with Gasteiger partial charge in [-0.1, -0.05) is 18.2 Å². The molecule has 1 aliphatic heterocycles. The monoisotopic (exact) mass is 217 g/mol. The van der Waals surface area contributed by atoms with Gasteiger partial charge >= 0.3 is 0 Å². The molecule has 2 amide bonds. The molecule has 0 saturated heterocycles. The highest BCUT2D eigenvalue weighted by atomic mass is 16.2. The van der Waals surface area contributed by atoms with Crippen molar-refractivity contribution in [3.05, 3.63) is 30.3 Å². The summed E-state index contributed by atoms with van der Waals surface area (Å²) in [4.78, 5) is 23.0. The van der Waals surface area contributed by atoms with Crippen molar-refractivity contribution in [2.45, 2.75) is 6.42 Å². The van der Waals surface area contributed by atoms with E-state index in [0.29, 0.717) is 5.69 Å². The number of benzene rings is 1. The van der Waals surface area contributed by atoms with Gasteiger partial charge in [-0.3, -0.25) is 9.59 Å². The number of carbonyl (C=O) groups is 2. The number of hydrogen-bond acceptors (Lipinski definition) is 3. The highest BCUT2D eigenvalue weighted by molar-refractivity contribution is 6.44. The molecular formula is C11H11N3O2. The zero-order valence-corrected chi connectivity index (χ0v) is 8.80. The predicted molar refractivity (Wildman–Crippen MR) is 60.0 cm³/mol. The van der Waals surface area contributed by atoms with Crippen molar-refractivity contribution in [2.75, 3.05) is 12.1 Å². The molecule has 0 unspecified atom stereocenters. The van der Waals surface area contributed by atoms with Gasteiger partial charge in [0, 0.05) is 7.05 Å². The zero-order valence-electron chi connectivity index (χ0n) is 8.80. The fourth-order valence-electron chi connectivity index (χ4n) is 1.47. The molecule has 0 radical (unpaired) electrons. The maximum Gasteiger partial charge on any atom is 0.267 e. The molecule has 0 atom stereocenters. The molecule has 0 aliphatic carbocycles. The Labute approximate surface area is 92.7 Å². The van der Waals surface area contributed by atoms with Crippen LogP contribution >= 0.6 is 0 Å². The van der Waals surface area contributed by atoms with Gasteiger partial charge in [-0.25, -0.2) is 0 Å².